The molecule has 2 nitrogen and oxygen atoms in total. The third kappa shape index (κ3) is 2.97. The number of hydrogen-bond acceptors (Lipinski definition) is 2. The van der Waals surface area contributed by atoms with Crippen LogP contribution in [0.5, 0.6) is 0 Å². The number of carboxylic acids is 1. The predicted octanol–water partition coefficient (Wildman–Crippen LogP) is 4.37. The lowest BCUT2D eigenvalue weighted by molar-refractivity contribution is -0.145. The van der Waals surface area contributed by atoms with Gasteiger partial charge >= 0.3 is 5.97 Å². The molecular weight excluding hydrogens is 256 g/mol. The topological polar surface area (TPSA) is 37.3 Å². The fourth-order valence-corrected chi connectivity index (χ4v) is 3.86. The highest BCUT2D eigenvalue weighted by atomic mass is 32.2. The van der Waals surface area contributed by atoms with Crippen molar-refractivity contribution in [3.05, 3.63) is 29.8 Å². The van der Waals surface area contributed by atoms with Crippen molar-refractivity contribution in [3.8, 4) is 0 Å². The van der Waals surface area contributed by atoms with Gasteiger partial charge in [0.25, 0.3) is 0 Å². The molecule has 0 atom stereocenters. The molecule has 1 aromatic carbocycles. The summed E-state index contributed by atoms with van der Waals surface area (Å²) >= 11 is 1.51. The van der Waals surface area contributed by atoms with Crippen LogP contribution in [0.2, 0.25) is 0 Å². The van der Waals surface area contributed by atoms with Crippen LogP contribution in [-0.4, -0.2) is 15.8 Å². The summed E-state index contributed by atoms with van der Waals surface area (Å²) < 4.78 is -0.618. The zero-order valence-corrected chi connectivity index (χ0v) is 12.9. The van der Waals surface area contributed by atoms with Crippen molar-refractivity contribution in [2.75, 3.05) is 0 Å². The number of benzene rings is 1. The van der Waals surface area contributed by atoms with Crippen LogP contribution >= 0.6 is 11.8 Å². The second kappa shape index (κ2) is 4.86. The maximum atomic E-state index is 11.6. The van der Waals surface area contributed by atoms with Crippen molar-refractivity contribution in [2.45, 2.75) is 50.2 Å². The summed E-state index contributed by atoms with van der Waals surface area (Å²) in [6.45, 7) is 8.63. The zero-order chi connectivity index (χ0) is 14.3. The molecular formula is C16H22O2S. The molecule has 0 amide bonds. The van der Waals surface area contributed by atoms with Gasteiger partial charge in [-0.05, 0) is 43.2 Å². The average molecular weight is 278 g/mol. The van der Waals surface area contributed by atoms with Crippen LogP contribution in [0.4, 0.5) is 0 Å². The fraction of sp³-hybridized carbons (Fsp3) is 0.562. The zero-order valence-electron chi connectivity index (χ0n) is 12.1. The molecule has 104 valence electrons. The molecule has 1 aliphatic carbocycles. The number of hydrogen-bond donors (Lipinski definition) is 1. The van der Waals surface area contributed by atoms with E-state index in [2.05, 4.69) is 20.8 Å². The molecule has 0 radical (unpaired) electrons. The number of carboxylic acid groups (broad SMARTS) is 1. The number of thioether (sulfide) groups is 1. The lowest BCUT2D eigenvalue weighted by Gasteiger charge is -2.49. The highest BCUT2D eigenvalue weighted by Gasteiger charge is 2.54. The highest BCUT2D eigenvalue weighted by molar-refractivity contribution is 8.01. The molecule has 0 heterocycles. The standard InChI is InChI=1S/C16H22O2S/c1-11-5-7-13(8-6-11)19-16(14(17)18)9-12(10-16)15(2,3)4/h5-8,12H,9-10H2,1-4H3,(H,17,18). The molecule has 0 spiro atoms. The summed E-state index contributed by atoms with van der Waals surface area (Å²) in [5.41, 5.74) is 1.40. The molecule has 3 heteroatoms. The Balaban J connectivity index is 2.11. The molecule has 1 N–H and O–H groups in total. The van der Waals surface area contributed by atoms with Crippen molar-refractivity contribution in [2.24, 2.45) is 11.3 Å². The van der Waals surface area contributed by atoms with E-state index >= 15 is 0 Å². The third-order valence-electron chi connectivity index (χ3n) is 4.10. The Hall–Kier alpha value is -0.960. The number of aliphatic carboxylic acids is 1. The summed E-state index contributed by atoms with van der Waals surface area (Å²) in [5, 5.41) is 9.56. The van der Waals surface area contributed by atoms with Gasteiger partial charge in [-0.15, -0.1) is 11.8 Å². The Morgan fingerprint density at radius 2 is 1.79 bits per heavy atom. The molecule has 0 aliphatic heterocycles. The highest BCUT2D eigenvalue weighted by Crippen LogP contribution is 2.56. The van der Waals surface area contributed by atoms with Crippen LogP contribution < -0.4 is 0 Å². The normalized spacial score (nSPS) is 26.8. The van der Waals surface area contributed by atoms with Crippen molar-refractivity contribution < 1.29 is 9.90 Å². The lowest BCUT2D eigenvalue weighted by atomic mass is 9.62. The Bertz CT molecular complexity index is 465. The Kier molecular flexibility index (Phi) is 3.69. The van der Waals surface area contributed by atoms with Crippen LogP contribution in [0.25, 0.3) is 0 Å². The van der Waals surface area contributed by atoms with Gasteiger partial charge in [-0.3, -0.25) is 4.79 Å². The van der Waals surface area contributed by atoms with E-state index in [1.54, 1.807) is 0 Å². The van der Waals surface area contributed by atoms with E-state index < -0.39 is 10.7 Å². The Labute approximate surface area is 119 Å². The summed E-state index contributed by atoms with van der Waals surface area (Å²) in [6.07, 6.45) is 1.54. The first-order valence-electron chi connectivity index (χ1n) is 6.72. The SMILES string of the molecule is Cc1ccc(SC2(C(=O)O)CC(C(C)(C)C)C2)cc1. The Morgan fingerprint density at radius 3 is 2.21 bits per heavy atom. The third-order valence-corrected chi connectivity index (χ3v) is 5.51. The summed E-state index contributed by atoms with van der Waals surface area (Å²) in [6, 6.07) is 8.12. The number of rotatable bonds is 3. The van der Waals surface area contributed by atoms with Gasteiger partial charge in [-0.25, -0.2) is 0 Å². The van der Waals surface area contributed by atoms with Gasteiger partial charge in [0.05, 0.1) is 0 Å². The fourth-order valence-electron chi connectivity index (χ4n) is 2.48. The van der Waals surface area contributed by atoms with Crippen LogP contribution in [0.15, 0.2) is 29.2 Å². The Morgan fingerprint density at radius 1 is 1.26 bits per heavy atom. The molecule has 2 rings (SSSR count). The minimum atomic E-state index is -0.668. The number of carbonyl (C=O) groups is 1. The smallest absolute Gasteiger partial charge is 0.320 e. The van der Waals surface area contributed by atoms with Gasteiger partial charge in [0.1, 0.15) is 4.75 Å². The number of aryl methyl sites for hydroxylation is 1. The summed E-state index contributed by atoms with van der Waals surface area (Å²) in [5.74, 6) is -0.167. The van der Waals surface area contributed by atoms with Gasteiger partial charge in [-0.1, -0.05) is 38.5 Å². The van der Waals surface area contributed by atoms with Crippen molar-refractivity contribution in [1.29, 1.82) is 0 Å². The van der Waals surface area contributed by atoms with Crippen molar-refractivity contribution in [3.63, 3.8) is 0 Å². The maximum Gasteiger partial charge on any atom is 0.320 e. The van der Waals surface area contributed by atoms with Gasteiger partial charge < -0.3 is 5.11 Å². The first kappa shape index (κ1) is 14.4. The quantitative estimate of drug-likeness (QED) is 0.892. The molecule has 0 bridgehead atoms. The molecule has 0 unspecified atom stereocenters. The van der Waals surface area contributed by atoms with E-state index in [9.17, 15) is 9.90 Å². The molecule has 0 saturated heterocycles. The van der Waals surface area contributed by atoms with Gasteiger partial charge in [-0.2, -0.15) is 0 Å². The lowest BCUT2D eigenvalue weighted by Crippen LogP contribution is -2.51. The summed E-state index contributed by atoms with van der Waals surface area (Å²) in [7, 11) is 0. The van der Waals surface area contributed by atoms with E-state index in [1.165, 1.54) is 17.3 Å². The second-order valence-corrected chi connectivity index (χ2v) is 8.14. The van der Waals surface area contributed by atoms with Crippen LogP contribution in [0.3, 0.4) is 0 Å². The first-order valence-corrected chi connectivity index (χ1v) is 7.54. The van der Waals surface area contributed by atoms with Crippen LogP contribution in [0.1, 0.15) is 39.2 Å². The second-order valence-electron chi connectivity index (χ2n) is 6.69. The largest absolute Gasteiger partial charge is 0.480 e. The minimum absolute atomic E-state index is 0.201. The van der Waals surface area contributed by atoms with Gasteiger partial charge in [0.15, 0.2) is 0 Å². The molecule has 1 saturated carbocycles. The van der Waals surface area contributed by atoms with E-state index in [0.717, 1.165) is 17.7 Å². The first-order chi connectivity index (χ1) is 8.73. The molecule has 1 aliphatic rings. The van der Waals surface area contributed by atoms with Crippen molar-refractivity contribution in [1.82, 2.24) is 0 Å². The van der Waals surface area contributed by atoms with Crippen LogP contribution in [0, 0.1) is 18.3 Å². The van der Waals surface area contributed by atoms with E-state index in [4.69, 9.17) is 0 Å². The average Bonchev–Trinajstić information content (AvgIpc) is 2.23. The molecule has 0 aromatic heterocycles. The van der Waals surface area contributed by atoms with E-state index in [-0.39, 0.29) is 5.41 Å². The maximum absolute atomic E-state index is 11.6. The van der Waals surface area contributed by atoms with Crippen molar-refractivity contribution >= 4 is 17.7 Å². The van der Waals surface area contributed by atoms with Gasteiger partial charge in [0, 0.05) is 4.90 Å². The van der Waals surface area contributed by atoms with E-state index in [0.29, 0.717) is 5.92 Å². The monoisotopic (exact) mass is 278 g/mol. The molecule has 1 fully saturated rings. The summed E-state index contributed by atoms with van der Waals surface area (Å²) in [4.78, 5) is 12.7. The van der Waals surface area contributed by atoms with E-state index in [1.807, 2.05) is 31.2 Å². The van der Waals surface area contributed by atoms with Crippen LogP contribution in [-0.2, 0) is 4.79 Å². The van der Waals surface area contributed by atoms with Gasteiger partial charge in [0.2, 0.25) is 0 Å². The molecule has 1 aromatic rings. The predicted molar refractivity (Wildman–Crippen MR) is 79.6 cm³/mol. The minimum Gasteiger partial charge on any atom is -0.480 e. The molecule has 19 heavy (non-hydrogen) atoms.